The van der Waals surface area contributed by atoms with Crippen molar-refractivity contribution in [2.45, 2.75) is 26.4 Å². The Kier molecular flexibility index (Phi) is 4.21. The Balaban J connectivity index is 2.22. The van der Waals surface area contributed by atoms with Gasteiger partial charge in [-0.25, -0.2) is 0 Å². The summed E-state index contributed by atoms with van der Waals surface area (Å²) in [5.41, 5.74) is 7.35. The standard InChI is InChI=1S/C13H23N5O/c1-4-18-12(7-10(2)15-18)13(19)17-6-5-16(3)9-11(17)8-14/h7,11H,4-6,8-9,14H2,1-3H3. The normalized spacial score (nSPS) is 20.8. The number of carbonyl (C=O) groups is 1. The summed E-state index contributed by atoms with van der Waals surface area (Å²) in [6.45, 7) is 7.56. The van der Waals surface area contributed by atoms with E-state index in [-0.39, 0.29) is 11.9 Å². The highest BCUT2D eigenvalue weighted by atomic mass is 16.2. The predicted molar refractivity (Wildman–Crippen MR) is 74.0 cm³/mol. The molecule has 0 aromatic carbocycles. The van der Waals surface area contributed by atoms with Gasteiger partial charge in [0.2, 0.25) is 0 Å². The number of nitrogens with two attached hydrogens (primary N) is 1. The van der Waals surface area contributed by atoms with E-state index in [4.69, 9.17) is 5.73 Å². The molecule has 1 fully saturated rings. The summed E-state index contributed by atoms with van der Waals surface area (Å²) in [6, 6.07) is 1.95. The number of rotatable bonds is 3. The molecule has 1 amide bonds. The molecular weight excluding hydrogens is 242 g/mol. The number of hydrogen-bond acceptors (Lipinski definition) is 4. The van der Waals surface area contributed by atoms with Gasteiger partial charge in [0.05, 0.1) is 11.7 Å². The number of likely N-dealkylation sites (N-methyl/N-ethyl adjacent to an activating group) is 1. The minimum absolute atomic E-state index is 0.0472. The number of amides is 1. The third-order valence-corrected chi connectivity index (χ3v) is 3.64. The molecule has 1 aliphatic heterocycles. The number of aryl methyl sites for hydroxylation is 2. The van der Waals surface area contributed by atoms with Gasteiger partial charge in [-0.15, -0.1) is 0 Å². The van der Waals surface area contributed by atoms with Gasteiger partial charge >= 0.3 is 0 Å². The fourth-order valence-corrected chi connectivity index (χ4v) is 2.59. The molecular formula is C13H23N5O. The second-order valence-electron chi connectivity index (χ2n) is 5.14. The van der Waals surface area contributed by atoms with E-state index in [1.807, 2.05) is 24.8 Å². The van der Waals surface area contributed by atoms with Crippen molar-refractivity contribution in [1.29, 1.82) is 0 Å². The molecule has 2 N–H and O–H groups in total. The van der Waals surface area contributed by atoms with Crippen LogP contribution in [0.4, 0.5) is 0 Å². The van der Waals surface area contributed by atoms with Crippen molar-refractivity contribution in [2.24, 2.45) is 5.73 Å². The zero-order chi connectivity index (χ0) is 14.0. The lowest BCUT2D eigenvalue weighted by molar-refractivity contribution is 0.0504. The van der Waals surface area contributed by atoms with Crippen molar-refractivity contribution in [3.05, 3.63) is 17.5 Å². The average Bonchev–Trinajstić information content (AvgIpc) is 2.79. The average molecular weight is 265 g/mol. The lowest BCUT2D eigenvalue weighted by Gasteiger charge is -2.39. The van der Waals surface area contributed by atoms with E-state index in [0.717, 1.165) is 25.3 Å². The van der Waals surface area contributed by atoms with Crippen LogP contribution in [0.25, 0.3) is 0 Å². The highest BCUT2D eigenvalue weighted by molar-refractivity contribution is 5.93. The van der Waals surface area contributed by atoms with Gasteiger partial charge in [-0.05, 0) is 27.0 Å². The topological polar surface area (TPSA) is 67.4 Å². The van der Waals surface area contributed by atoms with Gasteiger partial charge in [0.25, 0.3) is 5.91 Å². The first-order chi connectivity index (χ1) is 9.06. The first-order valence-electron chi connectivity index (χ1n) is 6.80. The zero-order valence-electron chi connectivity index (χ0n) is 12.0. The van der Waals surface area contributed by atoms with Crippen LogP contribution in [-0.4, -0.2) is 64.8 Å². The monoisotopic (exact) mass is 265 g/mol. The van der Waals surface area contributed by atoms with E-state index in [0.29, 0.717) is 18.8 Å². The van der Waals surface area contributed by atoms with E-state index < -0.39 is 0 Å². The van der Waals surface area contributed by atoms with Crippen LogP contribution < -0.4 is 5.73 Å². The minimum atomic E-state index is 0.0472. The number of hydrogen-bond donors (Lipinski definition) is 1. The molecule has 106 valence electrons. The summed E-state index contributed by atoms with van der Waals surface area (Å²) in [5.74, 6) is 0.0472. The molecule has 1 aliphatic rings. The van der Waals surface area contributed by atoms with Crippen LogP contribution in [0.1, 0.15) is 23.1 Å². The largest absolute Gasteiger partial charge is 0.330 e. The Morgan fingerprint density at radius 3 is 2.89 bits per heavy atom. The summed E-state index contributed by atoms with van der Waals surface area (Å²) < 4.78 is 1.77. The van der Waals surface area contributed by atoms with Crippen molar-refractivity contribution in [3.63, 3.8) is 0 Å². The molecule has 6 heteroatoms. The molecule has 19 heavy (non-hydrogen) atoms. The fraction of sp³-hybridized carbons (Fsp3) is 0.692. The van der Waals surface area contributed by atoms with Gasteiger partial charge in [-0.3, -0.25) is 9.48 Å². The molecule has 0 aliphatic carbocycles. The van der Waals surface area contributed by atoms with Crippen LogP contribution in [0, 0.1) is 6.92 Å². The Hall–Kier alpha value is -1.40. The van der Waals surface area contributed by atoms with Crippen molar-refractivity contribution in [2.75, 3.05) is 33.2 Å². The van der Waals surface area contributed by atoms with Crippen molar-refractivity contribution in [1.82, 2.24) is 19.6 Å². The van der Waals surface area contributed by atoms with Crippen LogP contribution in [0.3, 0.4) is 0 Å². The Bertz CT molecular complexity index is 456. The molecule has 1 aromatic heterocycles. The molecule has 0 bridgehead atoms. The van der Waals surface area contributed by atoms with E-state index in [9.17, 15) is 4.79 Å². The molecule has 1 saturated heterocycles. The highest BCUT2D eigenvalue weighted by Gasteiger charge is 2.30. The molecule has 0 radical (unpaired) electrons. The Morgan fingerprint density at radius 1 is 1.53 bits per heavy atom. The molecule has 2 heterocycles. The second kappa shape index (κ2) is 5.71. The summed E-state index contributed by atoms with van der Waals surface area (Å²) in [6.07, 6.45) is 0. The van der Waals surface area contributed by atoms with E-state index >= 15 is 0 Å². The third-order valence-electron chi connectivity index (χ3n) is 3.64. The van der Waals surface area contributed by atoms with Gasteiger partial charge in [-0.1, -0.05) is 0 Å². The molecule has 0 saturated carbocycles. The minimum Gasteiger partial charge on any atom is -0.330 e. The van der Waals surface area contributed by atoms with Crippen molar-refractivity contribution < 1.29 is 4.79 Å². The second-order valence-corrected chi connectivity index (χ2v) is 5.14. The molecule has 0 spiro atoms. The maximum Gasteiger partial charge on any atom is 0.272 e. The highest BCUT2D eigenvalue weighted by Crippen LogP contribution is 2.14. The Morgan fingerprint density at radius 2 is 2.26 bits per heavy atom. The van der Waals surface area contributed by atoms with Gasteiger partial charge < -0.3 is 15.5 Å². The van der Waals surface area contributed by atoms with Crippen LogP contribution in [0.15, 0.2) is 6.07 Å². The first-order valence-corrected chi connectivity index (χ1v) is 6.80. The smallest absolute Gasteiger partial charge is 0.272 e. The lowest BCUT2D eigenvalue weighted by Crippen LogP contribution is -2.57. The summed E-state index contributed by atoms with van der Waals surface area (Å²) in [5, 5.41) is 4.34. The van der Waals surface area contributed by atoms with Gasteiger partial charge in [-0.2, -0.15) is 5.10 Å². The number of carbonyl (C=O) groups excluding carboxylic acids is 1. The number of aromatic nitrogens is 2. The van der Waals surface area contributed by atoms with Crippen molar-refractivity contribution >= 4 is 5.91 Å². The maximum absolute atomic E-state index is 12.7. The lowest BCUT2D eigenvalue weighted by atomic mass is 10.1. The summed E-state index contributed by atoms with van der Waals surface area (Å²) >= 11 is 0. The van der Waals surface area contributed by atoms with Crippen LogP contribution in [0.5, 0.6) is 0 Å². The van der Waals surface area contributed by atoms with Gasteiger partial charge in [0, 0.05) is 32.7 Å². The van der Waals surface area contributed by atoms with E-state index in [1.165, 1.54) is 0 Å². The Labute approximate surface area is 114 Å². The van der Waals surface area contributed by atoms with Crippen LogP contribution in [0.2, 0.25) is 0 Å². The molecule has 1 atom stereocenters. The maximum atomic E-state index is 12.7. The molecule has 6 nitrogen and oxygen atoms in total. The third kappa shape index (κ3) is 2.79. The number of nitrogens with zero attached hydrogens (tertiary/aromatic N) is 4. The van der Waals surface area contributed by atoms with Gasteiger partial charge in [0.15, 0.2) is 0 Å². The quantitative estimate of drug-likeness (QED) is 0.830. The molecule has 1 aromatic rings. The molecule has 2 rings (SSSR count). The number of piperazine rings is 1. The zero-order valence-corrected chi connectivity index (χ0v) is 12.0. The molecule has 1 unspecified atom stereocenters. The van der Waals surface area contributed by atoms with Crippen molar-refractivity contribution in [3.8, 4) is 0 Å². The van der Waals surface area contributed by atoms with Crippen LogP contribution >= 0.6 is 0 Å². The van der Waals surface area contributed by atoms with E-state index in [1.54, 1.807) is 4.68 Å². The van der Waals surface area contributed by atoms with Crippen LogP contribution in [-0.2, 0) is 6.54 Å². The summed E-state index contributed by atoms with van der Waals surface area (Å²) in [7, 11) is 2.06. The van der Waals surface area contributed by atoms with Gasteiger partial charge in [0.1, 0.15) is 5.69 Å². The first kappa shape index (κ1) is 14.0. The fourth-order valence-electron chi connectivity index (χ4n) is 2.59. The SMILES string of the molecule is CCn1nc(C)cc1C(=O)N1CCN(C)CC1CN. The summed E-state index contributed by atoms with van der Waals surface area (Å²) in [4.78, 5) is 16.8. The van der Waals surface area contributed by atoms with E-state index in [2.05, 4.69) is 17.0 Å². The predicted octanol–water partition coefficient (Wildman–Crippen LogP) is -0.0737.